The molecule has 17 nitrogen and oxygen atoms in total. The number of alkyl halides is 6. The van der Waals surface area contributed by atoms with Crippen LogP contribution in [0.15, 0.2) is 146 Å². The third-order valence-corrected chi connectivity index (χ3v) is 19.8. The van der Waals surface area contributed by atoms with E-state index in [2.05, 4.69) is 27.2 Å². The Bertz CT molecular complexity index is 3670. The molecule has 0 radical (unpaired) electrons. The first-order chi connectivity index (χ1) is 46.9. The normalized spacial score (nSPS) is 18.1. The number of nitrogens with zero attached hydrogens (tertiary/aromatic N) is 7. The number of hydroxylamine groups is 2. The lowest BCUT2D eigenvalue weighted by Gasteiger charge is -2.44. The zero-order valence-corrected chi connectivity index (χ0v) is 55.5. The van der Waals surface area contributed by atoms with Gasteiger partial charge in [0.2, 0.25) is 11.8 Å². The van der Waals surface area contributed by atoms with Crippen LogP contribution in [0.25, 0.3) is 11.1 Å². The van der Waals surface area contributed by atoms with Crippen LogP contribution in [0.3, 0.4) is 0 Å². The SMILES string of the molecule is CON(CCCN(C)C(=O)CO[C@H]1Cc2ccccc2C12CCN(CC[C@@]1(c3ccc(F)cc3)CN(C(=O)c3cc(C(F)(F)F)cc(C(F)(F)F)c3)CO1)CC2)C(=O)c1ccc(NCCCCCC(=O)N(C)CCN2CCC(N(C(=O)O)c3ccccc3-c3ccccc3)CC2)cc1. The molecule has 6 aromatic carbocycles. The monoisotopic (exact) mass is 1360 g/mol. The van der Waals surface area contributed by atoms with Crippen LogP contribution >= 0.6 is 0 Å². The number of hydrogen-bond donors (Lipinski definition) is 2. The molecule has 0 unspecified atom stereocenters. The van der Waals surface area contributed by atoms with Gasteiger partial charge in [-0.2, -0.15) is 26.3 Å². The van der Waals surface area contributed by atoms with Crippen molar-refractivity contribution in [1.29, 1.82) is 0 Å². The number of benzene rings is 6. The number of rotatable bonds is 27. The van der Waals surface area contributed by atoms with Gasteiger partial charge in [-0.25, -0.2) is 14.2 Å². The zero-order valence-electron chi connectivity index (χ0n) is 55.5. The molecule has 6 aromatic rings. The molecular formula is C74H85F7N8O9. The third kappa shape index (κ3) is 17.5. The second-order valence-electron chi connectivity index (χ2n) is 26.0. The highest BCUT2D eigenvalue weighted by Gasteiger charge is 2.50. The maximum absolute atomic E-state index is 14.3. The van der Waals surface area contributed by atoms with Crippen molar-refractivity contribution in [3.05, 3.63) is 190 Å². The van der Waals surface area contributed by atoms with Gasteiger partial charge < -0.3 is 44.4 Å². The summed E-state index contributed by atoms with van der Waals surface area (Å²) < 4.78 is 110. The van der Waals surface area contributed by atoms with Gasteiger partial charge in [0.25, 0.3) is 11.8 Å². The van der Waals surface area contributed by atoms with Gasteiger partial charge >= 0.3 is 18.4 Å². The number of amides is 5. The van der Waals surface area contributed by atoms with Gasteiger partial charge in [-0.3, -0.25) is 28.9 Å². The minimum atomic E-state index is -5.15. The Morgan fingerprint density at radius 3 is 2.00 bits per heavy atom. The summed E-state index contributed by atoms with van der Waals surface area (Å²) in [6.45, 7) is 4.77. The molecule has 3 saturated heterocycles. The average Bonchev–Trinajstić information content (AvgIpc) is 1.62. The fraction of sp³-hybridized carbons (Fsp3) is 0.446. The number of anilines is 2. The largest absolute Gasteiger partial charge is 0.465 e. The van der Waals surface area contributed by atoms with Crippen molar-refractivity contribution in [2.45, 2.75) is 106 Å². The van der Waals surface area contributed by atoms with E-state index < -0.39 is 64.6 Å². The molecule has 2 N–H and O–H groups in total. The summed E-state index contributed by atoms with van der Waals surface area (Å²) in [4.78, 5) is 82.7. The molecule has 98 heavy (non-hydrogen) atoms. The lowest BCUT2D eigenvalue weighted by Crippen LogP contribution is -2.50. The Hall–Kier alpha value is -8.42. The Balaban J connectivity index is 0.623. The summed E-state index contributed by atoms with van der Waals surface area (Å²) in [6, 6.07) is 38.7. The predicted octanol–water partition coefficient (Wildman–Crippen LogP) is 12.9. The van der Waals surface area contributed by atoms with Crippen LogP contribution < -0.4 is 10.2 Å². The van der Waals surface area contributed by atoms with Gasteiger partial charge in [-0.15, -0.1) is 0 Å². The maximum Gasteiger partial charge on any atom is 0.416 e. The van der Waals surface area contributed by atoms with Crippen molar-refractivity contribution in [2.75, 3.05) is 117 Å². The van der Waals surface area contributed by atoms with Crippen LogP contribution in [0.1, 0.15) is 113 Å². The lowest BCUT2D eigenvalue weighted by molar-refractivity contribution is -0.143. The summed E-state index contributed by atoms with van der Waals surface area (Å²) in [5.41, 5.74) is 0.849. The molecule has 4 aliphatic rings. The maximum atomic E-state index is 14.3. The Morgan fingerprint density at radius 2 is 1.33 bits per heavy atom. The number of halogens is 7. The van der Waals surface area contributed by atoms with Crippen molar-refractivity contribution in [1.82, 2.24) is 29.6 Å². The van der Waals surface area contributed by atoms with Crippen molar-refractivity contribution in [3.8, 4) is 11.1 Å². The molecular weight excluding hydrogens is 1280 g/mol. The number of carboxylic acid groups (broad SMARTS) is 1. The molecule has 10 rings (SSSR count). The van der Waals surface area contributed by atoms with Crippen molar-refractivity contribution in [2.24, 2.45) is 0 Å². The molecule has 5 amide bonds. The first-order valence-corrected chi connectivity index (χ1v) is 33.4. The van der Waals surface area contributed by atoms with E-state index in [0.29, 0.717) is 120 Å². The molecule has 1 aliphatic carbocycles. The molecule has 0 aromatic heterocycles. The van der Waals surface area contributed by atoms with E-state index in [0.717, 1.165) is 65.2 Å². The van der Waals surface area contributed by atoms with Gasteiger partial charge in [-0.05, 0) is 154 Å². The first-order valence-electron chi connectivity index (χ1n) is 33.4. The van der Waals surface area contributed by atoms with Gasteiger partial charge in [0.05, 0.1) is 43.1 Å². The number of piperidine rings is 2. The highest BCUT2D eigenvalue weighted by molar-refractivity contribution is 5.96. The number of carbonyl (C=O) groups excluding carboxylic acids is 4. The number of para-hydroxylation sites is 1. The number of carbonyl (C=O) groups is 5. The smallest absolute Gasteiger partial charge is 0.416 e. The first kappa shape index (κ1) is 72.3. The number of fused-ring (bicyclic) bond motifs is 2. The van der Waals surface area contributed by atoms with Crippen LogP contribution in [0.5, 0.6) is 0 Å². The van der Waals surface area contributed by atoms with Crippen molar-refractivity contribution in [3.63, 3.8) is 0 Å². The van der Waals surface area contributed by atoms with Crippen molar-refractivity contribution < 1.29 is 74.1 Å². The quantitative estimate of drug-likeness (QED) is 0.0285. The highest BCUT2D eigenvalue weighted by atomic mass is 19.4. The van der Waals surface area contributed by atoms with E-state index in [1.807, 2.05) is 85.9 Å². The topological polar surface area (TPSA) is 168 Å². The molecule has 3 aliphatic heterocycles. The second-order valence-corrected chi connectivity index (χ2v) is 26.0. The number of likely N-dealkylation sites (tertiary alicyclic amines) is 2. The zero-order chi connectivity index (χ0) is 69.8. The number of ether oxygens (including phenoxy) is 2. The minimum absolute atomic E-state index is 0.0320. The molecule has 524 valence electrons. The average molecular weight is 1360 g/mol. The molecule has 2 atom stereocenters. The summed E-state index contributed by atoms with van der Waals surface area (Å²) >= 11 is 0. The Morgan fingerprint density at radius 1 is 0.684 bits per heavy atom. The van der Waals surface area contributed by atoms with Crippen LogP contribution in [0.2, 0.25) is 0 Å². The lowest BCUT2D eigenvalue weighted by atomic mass is 9.72. The van der Waals surface area contributed by atoms with Gasteiger partial charge in [0.1, 0.15) is 24.8 Å². The molecule has 0 bridgehead atoms. The minimum Gasteiger partial charge on any atom is -0.465 e. The number of nitrogens with one attached hydrogen (secondary N) is 1. The molecule has 0 saturated carbocycles. The van der Waals surface area contributed by atoms with E-state index in [1.54, 1.807) is 29.0 Å². The molecule has 3 fully saturated rings. The summed E-state index contributed by atoms with van der Waals surface area (Å²) in [5.74, 6) is -2.09. The van der Waals surface area contributed by atoms with Crippen LogP contribution in [-0.2, 0) is 53.7 Å². The fourth-order valence-electron chi connectivity index (χ4n) is 14.1. The van der Waals surface area contributed by atoms with E-state index in [1.165, 1.54) is 41.3 Å². The number of likely N-dealkylation sites (N-methyl/N-ethyl adjacent to an activating group) is 2. The molecule has 3 heterocycles. The number of hydrogen-bond acceptors (Lipinski definition) is 11. The molecule has 1 spiro atoms. The Labute approximate surface area is 566 Å². The van der Waals surface area contributed by atoms with Crippen LogP contribution in [0, 0.1) is 5.82 Å². The van der Waals surface area contributed by atoms with Gasteiger partial charge in [0.15, 0.2) is 0 Å². The van der Waals surface area contributed by atoms with E-state index >= 15 is 0 Å². The van der Waals surface area contributed by atoms with Crippen LogP contribution in [-0.4, -0.2) is 183 Å². The van der Waals surface area contributed by atoms with E-state index in [-0.39, 0.29) is 62.1 Å². The summed E-state index contributed by atoms with van der Waals surface area (Å²) in [6.07, 6.45) is -4.73. The molecule has 24 heteroatoms. The highest BCUT2D eigenvalue weighted by Crippen LogP contribution is 2.49. The van der Waals surface area contributed by atoms with Gasteiger partial charge in [0, 0.05) is 100 Å². The second kappa shape index (κ2) is 32.1. The van der Waals surface area contributed by atoms with E-state index in [4.69, 9.17) is 14.3 Å². The third-order valence-electron chi connectivity index (χ3n) is 19.8. The Kier molecular flexibility index (Phi) is 23.7. The van der Waals surface area contributed by atoms with Crippen molar-refractivity contribution >= 4 is 41.1 Å². The summed E-state index contributed by atoms with van der Waals surface area (Å²) in [7, 11) is 4.94. The number of unbranched alkanes of at least 4 members (excludes halogenated alkanes) is 2. The van der Waals surface area contributed by atoms with Crippen LogP contribution in [0.4, 0.5) is 46.9 Å². The standard InChI is InChI=1S/C74H85F7N8O9/c1-83(36-14-37-88(96-3)69(93)53-22-28-60(29-23-53)82-35-13-5-8-21-66(90)84(2)43-44-85-38-30-61(31-39-85)89(70(94)95)64-20-12-10-18-62(64)52-15-6-4-7-16-52)67(91)49-97-65-47-54-17-9-11-19-63(54)71(65)32-40-86(41-33-71)42-34-72(56-24-26-59(75)27-25-56)50-87(51-98-72)68(92)55-45-57(73(76,77)78)48-58(46-55)74(79,80)81/h4,6-7,9-12,15-20,22-29,45-46,48,61,65,82H,5,8,13-14,21,30-44,47,49-51H2,1-3H3,(H,94,95)/t65-,72-/m0/s1. The van der Waals surface area contributed by atoms with E-state index in [9.17, 15) is 59.8 Å². The predicted molar refractivity (Wildman–Crippen MR) is 357 cm³/mol. The summed E-state index contributed by atoms with van der Waals surface area (Å²) in [5, 5.41) is 15.0. The van der Waals surface area contributed by atoms with Gasteiger partial charge in [-0.1, -0.05) is 91.3 Å². The fourth-order valence-corrected chi connectivity index (χ4v) is 14.1.